The van der Waals surface area contributed by atoms with E-state index in [1.54, 1.807) is 17.9 Å². The number of hydrogen-bond donors (Lipinski definition) is 0. The molecule has 11 heteroatoms. The van der Waals surface area contributed by atoms with Crippen LogP contribution in [0.25, 0.3) is 11.3 Å². The minimum Gasteiger partial charge on any atom is -0.410 e. The van der Waals surface area contributed by atoms with Crippen LogP contribution in [-0.4, -0.2) is 58.1 Å². The molecule has 10 nitrogen and oxygen atoms in total. The van der Waals surface area contributed by atoms with Gasteiger partial charge in [-0.05, 0) is 62.6 Å². The number of ether oxygens (including phenoxy) is 1. The van der Waals surface area contributed by atoms with E-state index >= 15 is 0 Å². The normalized spacial score (nSPS) is 16.8. The summed E-state index contributed by atoms with van der Waals surface area (Å²) < 4.78 is 10.8. The minimum atomic E-state index is -0.496. The minimum absolute atomic E-state index is 0.0547. The molecule has 0 atom stereocenters. The van der Waals surface area contributed by atoms with Crippen molar-refractivity contribution in [3.63, 3.8) is 0 Å². The van der Waals surface area contributed by atoms with Gasteiger partial charge in [0.1, 0.15) is 22.8 Å². The Morgan fingerprint density at radius 3 is 2.15 bits per heavy atom. The van der Waals surface area contributed by atoms with E-state index in [9.17, 15) is 19.7 Å². The van der Waals surface area contributed by atoms with E-state index in [2.05, 4.69) is 5.16 Å². The highest BCUT2D eigenvalue weighted by atomic mass is 35.5. The maximum atomic E-state index is 13.5. The van der Waals surface area contributed by atoms with Gasteiger partial charge in [-0.25, -0.2) is 4.79 Å². The Morgan fingerprint density at radius 2 is 1.56 bits per heavy atom. The second-order valence-electron chi connectivity index (χ2n) is 10.0. The molecule has 0 radical (unpaired) electrons. The molecule has 0 aliphatic carbocycles. The van der Waals surface area contributed by atoms with Crippen molar-refractivity contribution in [2.24, 2.45) is 11.8 Å². The molecule has 0 unspecified atom stereocenters. The number of amides is 2. The molecule has 5 rings (SSSR count). The van der Waals surface area contributed by atoms with Crippen LogP contribution in [0.5, 0.6) is 5.75 Å². The van der Waals surface area contributed by atoms with Crippen LogP contribution in [0.1, 0.15) is 41.8 Å². The van der Waals surface area contributed by atoms with E-state index < -0.39 is 11.0 Å². The van der Waals surface area contributed by atoms with E-state index in [4.69, 9.17) is 20.9 Å². The first-order valence-electron chi connectivity index (χ1n) is 13.0. The SMILES string of the molecule is Cc1onc(-c2ccccc2Cl)c1C(=O)N1CCC(C2CCN(C(=O)Oc3ccc([N+](=O)[O-])cc3)CC2)CC1. The summed E-state index contributed by atoms with van der Waals surface area (Å²) in [6.07, 6.45) is 3.09. The summed E-state index contributed by atoms with van der Waals surface area (Å²) in [6.45, 7) is 4.23. The zero-order chi connectivity index (χ0) is 27.5. The van der Waals surface area contributed by atoms with Crippen LogP contribution < -0.4 is 4.74 Å². The predicted molar refractivity (Wildman–Crippen MR) is 144 cm³/mol. The van der Waals surface area contributed by atoms with Crippen molar-refractivity contribution in [3.05, 3.63) is 75.0 Å². The number of nitro benzene ring substituents is 1. The topological polar surface area (TPSA) is 119 Å². The first-order chi connectivity index (χ1) is 18.8. The molecule has 2 aliphatic heterocycles. The third-order valence-electron chi connectivity index (χ3n) is 7.75. The standard InChI is InChI=1S/C28H29ClN4O6/c1-18-25(26(30-39-18)23-4-2-3-5-24(23)29)27(34)31-14-10-19(11-15-31)20-12-16-32(17-13-20)28(35)38-22-8-6-21(7-9-22)33(36)37/h2-9,19-20H,10-17H2,1H3. The van der Waals surface area contributed by atoms with Gasteiger partial charge in [0.25, 0.3) is 11.6 Å². The summed E-state index contributed by atoms with van der Waals surface area (Å²) in [6, 6.07) is 12.8. The number of aryl methyl sites for hydroxylation is 1. The maximum absolute atomic E-state index is 13.5. The number of nitrogens with zero attached hydrogens (tertiary/aromatic N) is 4. The Kier molecular flexibility index (Phi) is 7.83. The molecule has 0 spiro atoms. The smallest absolute Gasteiger partial charge is 0.410 e. The molecular formula is C28H29ClN4O6. The molecule has 0 bridgehead atoms. The summed E-state index contributed by atoms with van der Waals surface area (Å²) in [5, 5.41) is 15.4. The number of carbonyl (C=O) groups is 2. The molecule has 2 amide bonds. The fourth-order valence-electron chi connectivity index (χ4n) is 5.55. The third-order valence-corrected chi connectivity index (χ3v) is 8.08. The van der Waals surface area contributed by atoms with Crippen molar-refractivity contribution < 1.29 is 23.8 Å². The number of piperidine rings is 2. The van der Waals surface area contributed by atoms with Crippen LogP contribution in [0.15, 0.2) is 53.1 Å². The molecule has 3 heterocycles. The molecule has 1 aromatic heterocycles. The van der Waals surface area contributed by atoms with Gasteiger partial charge in [0.05, 0.1) is 9.95 Å². The van der Waals surface area contributed by atoms with Crippen molar-refractivity contribution in [2.45, 2.75) is 32.6 Å². The summed E-state index contributed by atoms with van der Waals surface area (Å²) in [4.78, 5) is 39.9. The number of hydrogen-bond acceptors (Lipinski definition) is 7. The average molecular weight is 553 g/mol. The number of benzene rings is 2. The van der Waals surface area contributed by atoms with Crippen molar-refractivity contribution in [2.75, 3.05) is 26.2 Å². The van der Waals surface area contributed by atoms with Crippen molar-refractivity contribution in [1.29, 1.82) is 0 Å². The lowest BCUT2D eigenvalue weighted by Crippen LogP contribution is -2.44. The highest BCUT2D eigenvalue weighted by Gasteiger charge is 2.34. The van der Waals surface area contributed by atoms with Crippen LogP contribution in [0.2, 0.25) is 5.02 Å². The zero-order valence-electron chi connectivity index (χ0n) is 21.5. The van der Waals surface area contributed by atoms with Gasteiger partial charge in [-0.3, -0.25) is 14.9 Å². The number of rotatable bonds is 5. The van der Waals surface area contributed by atoms with E-state index in [-0.39, 0.29) is 17.3 Å². The Labute approximate surface area is 230 Å². The summed E-state index contributed by atoms with van der Waals surface area (Å²) in [7, 11) is 0. The van der Waals surface area contributed by atoms with Crippen LogP contribution in [0, 0.1) is 28.9 Å². The molecular weight excluding hydrogens is 524 g/mol. The first kappa shape index (κ1) is 26.7. The van der Waals surface area contributed by atoms with Gasteiger partial charge in [-0.2, -0.15) is 0 Å². The van der Waals surface area contributed by atoms with E-state index in [1.165, 1.54) is 24.3 Å². The maximum Gasteiger partial charge on any atom is 0.415 e. The molecule has 2 saturated heterocycles. The van der Waals surface area contributed by atoms with Crippen molar-refractivity contribution >= 4 is 29.3 Å². The number of nitro groups is 1. The van der Waals surface area contributed by atoms with Gasteiger partial charge in [0.15, 0.2) is 0 Å². The molecule has 0 saturated carbocycles. The van der Waals surface area contributed by atoms with Crippen LogP contribution in [-0.2, 0) is 0 Å². The molecule has 204 valence electrons. The number of halogens is 1. The Hall–Kier alpha value is -3.92. The van der Waals surface area contributed by atoms with Crippen LogP contribution in [0.4, 0.5) is 10.5 Å². The van der Waals surface area contributed by atoms with Gasteiger partial charge >= 0.3 is 6.09 Å². The lowest BCUT2D eigenvalue weighted by molar-refractivity contribution is -0.384. The summed E-state index contributed by atoms with van der Waals surface area (Å²) in [5.74, 6) is 1.62. The van der Waals surface area contributed by atoms with E-state index in [0.29, 0.717) is 65.6 Å². The van der Waals surface area contributed by atoms with E-state index in [0.717, 1.165) is 25.7 Å². The molecule has 0 N–H and O–H groups in total. The Bertz CT molecular complexity index is 1360. The molecule has 2 fully saturated rings. The molecule has 2 aliphatic rings. The third kappa shape index (κ3) is 5.75. The van der Waals surface area contributed by atoms with Crippen molar-refractivity contribution in [1.82, 2.24) is 15.0 Å². The fourth-order valence-corrected chi connectivity index (χ4v) is 5.77. The van der Waals surface area contributed by atoms with Gasteiger partial charge < -0.3 is 19.1 Å². The van der Waals surface area contributed by atoms with Gasteiger partial charge in [0.2, 0.25) is 0 Å². The summed E-state index contributed by atoms with van der Waals surface area (Å²) >= 11 is 6.36. The average Bonchev–Trinajstić information content (AvgIpc) is 3.34. The number of non-ortho nitro benzene ring substituents is 1. The monoisotopic (exact) mass is 552 g/mol. The van der Waals surface area contributed by atoms with Gasteiger partial charge in [-0.1, -0.05) is 35.0 Å². The quantitative estimate of drug-likeness (QED) is 0.282. The lowest BCUT2D eigenvalue weighted by atomic mass is 9.79. The molecule has 2 aromatic carbocycles. The highest BCUT2D eigenvalue weighted by Crippen LogP contribution is 2.35. The highest BCUT2D eigenvalue weighted by molar-refractivity contribution is 6.33. The Morgan fingerprint density at radius 1 is 0.974 bits per heavy atom. The number of likely N-dealkylation sites (tertiary alicyclic amines) is 2. The fraction of sp³-hybridized carbons (Fsp3) is 0.393. The Balaban J connectivity index is 1.13. The zero-order valence-corrected chi connectivity index (χ0v) is 22.3. The van der Waals surface area contributed by atoms with Crippen LogP contribution in [0.3, 0.4) is 0 Å². The predicted octanol–water partition coefficient (Wildman–Crippen LogP) is 5.97. The number of carbonyl (C=O) groups excluding carboxylic acids is 2. The van der Waals surface area contributed by atoms with Crippen molar-refractivity contribution in [3.8, 4) is 17.0 Å². The second kappa shape index (κ2) is 11.4. The van der Waals surface area contributed by atoms with Gasteiger partial charge in [0, 0.05) is 43.9 Å². The van der Waals surface area contributed by atoms with Crippen LogP contribution >= 0.6 is 11.6 Å². The van der Waals surface area contributed by atoms with E-state index in [1.807, 2.05) is 23.1 Å². The lowest BCUT2D eigenvalue weighted by Gasteiger charge is -2.39. The van der Waals surface area contributed by atoms with Gasteiger partial charge in [-0.15, -0.1) is 0 Å². The first-order valence-corrected chi connectivity index (χ1v) is 13.4. The number of aromatic nitrogens is 1. The molecule has 3 aromatic rings. The second-order valence-corrected chi connectivity index (χ2v) is 10.4. The summed E-state index contributed by atoms with van der Waals surface area (Å²) in [5.41, 5.74) is 1.55. The largest absolute Gasteiger partial charge is 0.415 e. The molecule has 39 heavy (non-hydrogen) atoms.